The molecule has 1 fully saturated rings. The fourth-order valence-corrected chi connectivity index (χ4v) is 4.88. The van der Waals surface area contributed by atoms with E-state index < -0.39 is 0 Å². The Hall–Kier alpha value is -3.07. The number of anilines is 1. The number of hydrogen-bond donors (Lipinski definition) is 1. The number of aromatic nitrogens is 2. The highest BCUT2D eigenvalue weighted by Crippen LogP contribution is 2.26. The van der Waals surface area contributed by atoms with E-state index in [9.17, 15) is 0 Å². The molecule has 1 aliphatic rings. The zero-order valence-electron chi connectivity index (χ0n) is 15.9. The number of imidazole rings is 1. The zero-order chi connectivity index (χ0) is 18.5. The third-order valence-electron chi connectivity index (χ3n) is 6.28. The van der Waals surface area contributed by atoms with Gasteiger partial charge in [0, 0.05) is 28.6 Å². The molecular formula is C25H24N3+. The van der Waals surface area contributed by atoms with Crippen LogP contribution in [0.15, 0.2) is 72.9 Å². The highest BCUT2D eigenvalue weighted by molar-refractivity contribution is 5.88. The predicted octanol–water partition coefficient (Wildman–Crippen LogP) is 5.73. The van der Waals surface area contributed by atoms with E-state index in [4.69, 9.17) is 0 Å². The van der Waals surface area contributed by atoms with Gasteiger partial charge in [0.1, 0.15) is 17.2 Å². The third kappa shape index (κ3) is 2.46. The van der Waals surface area contributed by atoms with Gasteiger partial charge in [-0.05, 0) is 55.3 Å². The van der Waals surface area contributed by atoms with Gasteiger partial charge in [-0.25, -0.2) is 0 Å². The summed E-state index contributed by atoms with van der Waals surface area (Å²) in [6.45, 7) is 0. The molecule has 3 nitrogen and oxygen atoms in total. The summed E-state index contributed by atoms with van der Waals surface area (Å²) < 4.78 is 4.67. The standard InChI is InChI=1S/C25H24N3/c1-2-7-20(8-3-1)26-21-12-14-24-19(16-21)10-13-22-17-27-23-9-5-4-6-18(23)11-15-25(27)28(22)24/h4-6,9-17,20,26H,1-3,7-8H2/q+1. The molecule has 6 rings (SSSR count). The van der Waals surface area contributed by atoms with Crippen molar-refractivity contribution in [2.24, 2.45) is 0 Å². The van der Waals surface area contributed by atoms with Crippen LogP contribution < -0.4 is 9.72 Å². The first-order valence-electron chi connectivity index (χ1n) is 10.4. The fourth-order valence-electron chi connectivity index (χ4n) is 4.88. The van der Waals surface area contributed by atoms with Gasteiger partial charge in [0.05, 0.1) is 0 Å². The molecule has 2 aromatic carbocycles. The first-order chi connectivity index (χ1) is 13.9. The van der Waals surface area contributed by atoms with Gasteiger partial charge in [0.15, 0.2) is 5.52 Å². The van der Waals surface area contributed by atoms with Crippen LogP contribution in [0.4, 0.5) is 5.69 Å². The lowest BCUT2D eigenvalue weighted by molar-refractivity contribution is -0.479. The maximum absolute atomic E-state index is 3.76. The Morgan fingerprint density at radius 3 is 2.61 bits per heavy atom. The molecule has 3 heteroatoms. The van der Waals surface area contributed by atoms with Crippen molar-refractivity contribution in [3.63, 3.8) is 0 Å². The summed E-state index contributed by atoms with van der Waals surface area (Å²) in [5, 5.41) is 6.30. The van der Waals surface area contributed by atoms with Crippen molar-refractivity contribution in [2.45, 2.75) is 38.1 Å². The topological polar surface area (TPSA) is 20.5 Å². The molecule has 3 aromatic heterocycles. The van der Waals surface area contributed by atoms with Gasteiger partial charge in [0.2, 0.25) is 0 Å². The van der Waals surface area contributed by atoms with E-state index in [0.29, 0.717) is 6.04 Å². The fraction of sp³-hybridized carbons (Fsp3) is 0.240. The van der Waals surface area contributed by atoms with Crippen LogP contribution in [0.2, 0.25) is 0 Å². The van der Waals surface area contributed by atoms with Crippen LogP contribution in [0.25, 0.3) is 33.0 Å². The normalized spacial score (nSPS) is 15.7. The maximum atomic E-state index is 3.76. The highest BCUT2D eigenvalue weighted by Gasteiger charge is 2.17. The number of rotatable bonds is 2. The van der Waals surface area contributed by atoms with E-state index >= 15 is 0 Å². The molecule has 0 unspecified atom stereocenters. The van der Waals surface area contributed by atoms with E-state index in [-0.39, 0.29) is 0 Å². The molecule has 0 aliphatic heterocycles. The quantitative estimate of drug-likeness (QED) is 0.396. The van der Waals surface area contributed by atoms with Crippen LogP contribution >= 0.6 is 0 Å². The molecule has 0 saturated heterocycles. The Balaban J connectivity index is 1.52. The number of hydrogen-bond acceptors (Lipinski definition) is 1. The minimum atomic E-state index is 0.629. The van der Waals surface area contributed by atoms with E-state index in [1.165, 1.54) is 70.8 Å². The summed E-state index contributed by atoms with van der Waals surface area (Å²) in [7, 11) is 0. The van der Waals surface area contributed by atoms with Crippen molar-refractivity contribution >= 4 is 38.7 Å². The van der Waals surface area contributed by atoms with Crippen molar-refractivity contribution < 1.29 is 4.40 Å². The summed E-state index contributed by atoms with van der Waals surface area (Å²) in [5.74, 6) is 0. The third-order valence-corrected chi connectivity index (χ3v) is 6.28. The van der Waals surface area contributed by atoms with Crippen LogP contribution in [0, 0.1) is 0 Å². The average Bonchev–Trinajstić information content (AvgIpc) is 3.14. The van der Waals surface area contributed by atoms with Gasteiger partial charge in [-0.2, -0.15) is 8.80 Å². The monoisotopic (exact) mass is 366 g/mol. The van der Waals surface area contributed by atoms with Crippen molar-refractivity contribution in [3.8, 4) is 0 Å². The number of para-hydroxylation sites is 1. The molecular weight excluding hydrogens is 342 g/mol. The van der Waals surface area contributed by atoms with E-state index in [1.54, 1.807) is 0 Å². The summed E-state index contributed by atoms with van der Waals surface area (Å²) in [5.41, 5.74) is 6.16. The Bertz CT molecular complexity index is 1330. The number of nitrogens with zero attached hydrogens (tertiary/aromatic N) is 2. The van der Waals surface area contributed by atoms with Crippen LogP contribution in [-0.2, 0) is 0 Å². The van der Waals surface area contributed by atoms with E-state index in [1.807, 2.05) is 0 Å². The Kier molecular flexibility index (Phi) is 3.55. The highest BCUT2D eigenvalue weighted by atomic mass is 15.1. The second kappa shape index (κ2) is 6.23. The van der Waals surface area contributed by atoms with E-state index in [0.717, 1.165) is 0 Å². The molecule has 1 N–H and O–H groups in total. The van der Waals surface area contributed by atoms with Gasteiger partial charge in [-0.3, -0.25) is 0 Å². The molecule has 5 aromatic rings. The van der Waals surface area contributed by atoms with Crippen LogP contribution in [-0.4, -0.2) is 10.4 Å². The number of benzene rings is 2. The zero-order valence-corrected chi connectivity index (χ0v) is 15.9. The molecule has 3 heterocycles. The maximum Gasteiger partial charge on any atom is 0.292 e. The lowest BCUT2D eigenvalue weighted by Gasteiger charge is -2.23. The predicted molar refractivity (Wildman–Crippen MR) is 116 cm³/mol. The molecule has 0 amide bonds. The Morgan fingerprint density at radius 2 is 1.68 bits per heavy atom. The second-order valence-electron chi connectivity index (χ2n) is 8.10. The second-order valence-corrected chi connectivity index (χ2v) is 8.10. The molecule has 28 heavy (non-hydrogen) atoms. The molecule has 1 saturated carbocycles. The molecule has 138 valence electrons. The van der Waals surface area contributed by atoms with Crippen LogP contribution in [0.5, 0.6) is 0 Å². The summed E-state index contributed by atoms with van der Waals surface area (Å²) in [4.78, 5) is 0. The molecule has 0 bridgehead atoms. The lowest BCUT2D eigenvalue weighted by Crippen LogP contribution is -2.22. The number of nitrogens with one attached hydrogen (secondary N) is 1. The molecule has 0 atom stereocenters. The van der Waals surface area contributed by atoms with Crippen molar-refractivity contribution in [1.29, 1.82) is 0 Å². The SMILES string of the molecule is c1ccc2c(c1)ccc1n3c(ccc4cc(NC5CCCCC5)ccc43)c[n+]21. The van der Waals surface area contributed by atoms with Crippen molar-refractivity contribution in [2.75, 3.05) is 5.32 Å². The van der Waals surface area contributed by atoms with Crippen molar-refractivity contribution in [1.82, 2.24) is 4.40 Å². The Morgan fingerprint density at radius 1 is 0.821 bits per heavy atom. The summed E-state index contributed by atoms with van der Waals surface area (Å²) in [6.07, 6.45) is 8.93. The van der Waals surface area contributed by atoms with Crippen LogP contribution in [0.1, 0.15) is 32.1 Å². The van der Waals surface area contributed by atoms with Gasteiger partial charge in [-0.1, -0.05) is 37.5 Å². The first kappa shape index (κ1) is 15.9. The largest absolute Gasteiger partial charge is 0.382 e. The van der Waals surface area contributed by atoms with Gasteiger partial charge in [0.25, 0.3) is 5.65 Å². The minimum Gasteiger partial charge on any atom is -0.382 e. The first-order valence-corrected chi connectivity index (χ1v) is 10.4. The molecule has 0 spiro atoms. The van der Waals surface area contributed by atoms with Gasteiger partial charge < -0.3 is 5.32 Å². The average molecular weight is 366 g/mol. The smallest absolute Gasteiger partial charge is 0.292 e. The van der Waals surface area contributed by atoms with Gasteiger partial charge in [-0.15, -0.1) is 0 Å². The Labute approximate surface area is 164 Å². The summed E-state index contributed by atoms with van der Waals surface area (Å²) in [6, 6.07) is 24.9. The number of fused-ring (bicyclic) bond motifs is 7. The number of pyridine rings is 2. The van der Waals surface area contributed by atoms with Gasteiger partial charge >= 0.3 is 0 Å². The molecule has 0 radical (unpaired) electrons. The van der Waals surface area contributed by atoms with Crippen LogP contribution in [0.3, 0.4) is 0 Å². The van der Waals surface area contributed by atoms with E-state index in [2.05, 4.69) is 87.0 Å². The van der Waals surface area contributed by atoms with Crippen molar-refractivity contribution in [3.05, 3.63) is 72.9 Å². The lowest BCUT2D eigenvalue weighted by atomic mass is 9.95. The summed E-state index contributed by atoms with van der Waals surface area (Å²) >= 11 is 0. The molecule has 1 aliphatic carbocycles. The minimum absolute atomic E-state index is 0.629.